The molecule has 1 unspecified atom stereocenters. The van der Waals surface area contributed by atoms with Gasteiger partial charge in [-0.05, 0) is 23.1 Å². The number of amides is 1. The van der Waals surface area contributed by atoms with Gasteiger partial charge in [-0.15, -0.1) is 11.3 Å². The maximum atomic E-state index is 13.7. The molecule has 154 valence electrons. The van der Waals surface area contributed by atoms with E-state index in [2.05, 4.69) is 4.98 Å². The number of thioether (sulfide) groups is 1. The number of benzene rings is 1. The van der Waals surface area contributed by atoms with Crippen LogP contribution < -0.4 is 0 Å². The standard InChI is InChI=1S/C21H16F3N3OS2/c1-27(2)20(28)18(13-7-4-3-5-8-13)30-19-14(12-25)15(21(22,23)24)11-16(26-19)17-9-6-10-29-17/h3-11,18H,1-2H3. The number of nitriles is 1. The first kappa shape index (κ1) is 21.9. The fourth-order valence-corrected chi connectivity index (χ4v) is 4.66. The van der Waals surface area contributed by atoms with Crippen molar-refractivity contribution in [2.75, 3.05) is 14.1 Å². The van der Waals surface area contributed by atoms with Gasteiger partial charge in [0.2, 0.25) is 5.91 Å². The van der Waals surface area contributed by atoms with Gasteiger partial charge in [0.25, 0.3) is 0 Å². The molecule has 2 aromatic heterocycles. The number of aromatic nitrogens is 1. The molecule has 0 bridgehead atoms. The predicted octanol–water partition coefficient (Wildman–Crippen LogP) is 5.62. The summed E-state index contributed by atoms with van der Waals surface area (Å²) >= 11 is 2.10. The summed E-state index contributed by atoms with van der Waals surface area (Å²) in [6.07, 6.45) is -4.73. The Bertz CT molecular complexity index is 1080. The van der Waals surface area contributed by atoms with E-state index in [1.165, 1.54) is 16.2 Å². The van der Waals surface area contributed by atoms with E-state index < -0.39 is 22.6 Å². The maximum Gasteiger partial charge on any atom is 0.417 e. The monoisotopic (exact) mass is 447 g/mol. The van der Waals surface area contributed by atoms with Gasteiger partial charge in [-0.25, -0.2) is 4.98 Å². The van der Waals surface area contributed by atoms with E-state index in [-0.39, 0.29) is 16.6 Å². The van der Waals surface area contributed by atoms with Crippen LogP contribution in [-0.4, -0.2) is 29.9 Å². The molecule has 9 heteroatoms. The molecular weight excluding hydrogens is 431 g/mol. The minimum atomic E-state index is -4.73. The number of thiophene rings is 1. The average molecular weight is 448 g/mol. The van der Waals surface area contributed by atoms with Crippen molar-refractivity contribution >= 4 is 29.0 Å². The van der Waals surface area contributed by atoms with E-state index in [1.807, 2.05) is 0 Å². The van der Waals surface area contributed by atoms with E-state index in [9.17, 15) is 23.2 Å². The molecule has 1 aromatic carbocycles. The van der Waals surface area contributed by atoms with Gasteiger partial charge < -0.3 is 4.90 Å². The van der Waals surface area contributed by atoms with E-state index in [4.69, 9.17) is 0 Å². The topological polar surface area (TPSA) is 57.0 Å². The van der Waals surface area contributed by atoms with Crippen LogP contribution in [0.4, 0.5) is 13.2 Å². The minimum absolute atomic E-state index is 0.114. The molecule has 0 saturated carbocycles. The van der Waals surface area contributed by atoms with E-state index >= 15 is 0 Å². The van der Waals surface area contributed by atoms with E-state index in [1.54, 1.807) is 68.0 Å². The molecule has 0 radical (unpaired) electrons. The quantitative estimate of drug-likeness (QED) is 0.476. The van der Waals surface area contributed by atoms with Crippen LogP contribution in [0, 0.1) is 11.3 Å². The third-order valence-corrected chi connectivity index (χ3v) is 6.29. The molecule has 30 heavy (non-hydrogen) atoms. The molecule has 0 aliphatic rings. The molecule has 4 nitrogen and oxygen atoms in total. The zero-order valence-electron chi connectivity index (χ0n) is 16.0. The van der Waals surface area contributed by atoms with Crippen molar-refractivity contribution in [3.63, 3.8) is 0 Å². The van der Waals surface area contributed by atoms with Gasteiger partial charge in [0.15, 0.2) is 0 Å². The van der Waals surface area contributed by atoms with Crippen LogP contribution in [0.1, 0.15) is 21.9 Å². The number of hydrogen-bond donors (Lipinski definition) is 0. The number of alkyl halides is 3. The Balaban J connectivity index is 2.18. The van der Waals surface area contributed by atoms with Gasteiger partial charge in [0.05, 0.1) is 21.7 Å². The number of hydrogen-bond acceptors (Lipinski definition) is 5. The first-order valence-electron chi connectivity index (χ1n) is 8.71. The lowest BCUT2D eigenvalue weighted by Crippen LogP contribution is -2.27. The summed E-state index contributed by atoms with van der Waals surface area (Å²) in [4.78, 5) is 19.1. The van der Waals surface area contributed by atoms with Crippen molar-refractivity contribution < 1.29 is 18.0 Å². The third-order valence-electron chi connectivity index (χ3n) is 4.17. The van der Waals surface area contributed by atoms with Crippen molar-refractivity contribution in [2.24, 2.45) is 0 Å². The molecule has 1 atom stereocenters. The largest absolute Gasteiger partial charge is 0.417 e. The summed E-state index contributed by atoms with van der Waals surface area (Å²) < 4.78 is 41.2. The molecule has 3 aromatic rings. The van der Waals surface area contributed by atoms with Crippen molar-refractivity contribution in [2.45, 2.75) is 16.5 Å². The second-order valence-corrected chi connectivity index (χ2v) is 8.50. The zero-order chi connectivity index (χ0) is 21.9. The van der Waals surface area contributed by atoms with Crippen LogP contribution >= 0.6 is 23.1 Å². The normalized spacial score (nSPS) is 12.3. The van der Waals surface area contributed by atoms with Crippen molar-refractivity contribution in [3.05, 3.63) is 70.6 Å². The predicted molar refractivity (Wildman–Crippen MR) is 111 cm³/mol. The number of carbonyl (C=O) groups is 1. The van der Waals surface area contributed by atoms with Crippen LogP contribution in [0.5, 0.6) is 0 Å². The van der Waals surface area contributed by atoms with Gasteiger partial charge in [-0.1, -0.05) is 48.2 Å². The average Bonchev–Trinajstić information content (AvgIpc) is 3.25. The maximum absolute atomic E-state index is 13.7. The summed E-state index contributed by atoms with van der Waals surface area (Å²) in [7, 11) is 3.14. The van der Waals surface area contributed by atoms with Gasteiger partial charge in [0.1, 0.15) is 16.3 Å². The van der Waals surface area contributed by atoms with Crippen LogP contribution in [0.3, 0.4) is 0 Å². The van der Waals surface area contributed by atoms with Gasteiger partial charge in [-0.3, -0.25) is 4.79 Å². The zero-order valence-corrected chi connectivity index (χ0v) is 17.6. The lowest BCUT2D eigenvalue weighted by atomic mass is 10.1. The summed E-state index contributed by atoms with van der Waals surface area (Å²) in [6.45, 7) is 0. The smallest absolute Gasteiger partial charge is 0.348 e. The Morgan fingerprint density at radius 2 is 1.90 bits per heavy atom. The summed E-state index contributed by atoms with van der Waals surface area (Å²) in [5.74, 6) is -0.313. The molecule has 0 aliphatic carbocycles. The Hall–Kier alpha value is -2.83. The van der Waals surface area contributed by atoms with Crippen LogP contribution in [0.2, 0.25) is 0 Å². The second-order valence-electron chi connectivity index (χ2n) is 6.46. The van der Waals surface area contributed by atoms with Crippen molar-refractivity contribution in [1.29, 1.82) is 5.26 Å². The molecule has 1 amide bonds. The Kier molecular flexibility index (Phi) is 6.48. The highest BCUT2D eigenvalue weighted by Gasteiger charge is 2.37. The fourth-order valence-electron chi connectivity index (χ4n) is 2.72. The van der Waals surface area contributed by atoms with Gasteiger partial charge in [-0.2, -0.15) is 18.4 Å². The van der Waals surface area contributed by atoms with Crippen LogP contribution in [0.25, 0.3) is 10.6 Å². The van der Waals surface area contributed by atoms with Gasteiger partial charge in [0, 0.05) is 14.1 Å². The number of rotatable bonds is 5. The SMILES string of the molecule is CN(C)C(=O)C(Sc1nc(-c2cccs2)cc(C(F)(F)F)c1C#N)c1ccccc1. The van der Waals surface area contributed by atoms with E-state index in [0.29, 0.717) is 10.4 Å². The highest BCUT2D eigenvalue weighted by atomic mass is 32.2. The molecule has 0 aliphatic heterocycles. The molecule has 3 rings (SSSR count). The Labute approximate surface area is 180 Å². The first-order chi connectivity index (χ1) is 14.2. The summed E-state index contributed by atoms with van der Waals surface area (Å²) in [5.41, 5.74) is -0.916. The van der Waals surface area contributed by atoms with Crippen molar-refractivity contribution in [3.8, 4) is 16.6 Å². The Morgan fingerprint density at radius 1 is 1.20 bits per heavy atom. The second kappa shape index (κ2) is 8.90. The third kappa shape index (κ3) is 4.66. The molecule has 2 heterocycles. The molecule has 0 N–H and O–H groups in total. The van der Waals surface area contributed by atoms with Crippen LogP contribution in [-0.2, 0) is 11.0 Å². The van der Waals surface area contributed by atoms with Crippen LogP contribution in [0.15, 0.2) is 58.9 Å². The highest BCUT2D eigenvalue weighted by Crippen LogP contribution is 2.43. The molecule has 0 saturated heterocycles. The minimum Gasteiger partial charge on any atom is -0.348 e. The number of carbonyl (C=O) groups excluding carboxylic acids is 1. The Morgan fingerprint density at radius 3 is 2.43 bits per heavy atom. The molecule has 0 fully saturated rings. The number of likely N-dealkylation sites (N-methyl/N-ethyl adjacent to an activating group) is 1. The van der Waals surface area contributed by atoms with E-state index in [0.717, 1.165) is 17.8 Å². The number of halogens is 3. The highest BCUT2D eigenvalue weighted by molar-refractivity contribution is 8.00. The number of pyridine rings is 1. The lowest BCUT2D eigenvalue weighted by molar-refractivity contribution is -0.138. The van der Waals surface area contributed by atoms with Gasteiger partial charge >= 0.3 is 6.18 Å². The summed E-state index contributed by atoms with van der Waals surface area (Å²) in [5, 5.41) is 10.3. The summed E-state index contributed by atoms with van der Waals surface area (Å²) in [6, 6.07) is 14.6. The lowest BCUT2D eigenvalue weighted by Gasteiger charge is -2.21. The first-order valence-corrected chi connectivity index (χ1v) is 10.5. The molecular formula is C21H16F3N3OS2. The molecule has 0 spiro atoms. The van der Waals surface area contributed by atoms with Crippen molar-refractivity contribution in [1.82, 2.24) is 9.88 Å². The fraction of sp³-hybridized carbons (Fsp3) is 0.190. The number of nitrogens with zero attached hydrogens (tertiary/aromatic N) is 3.